The quantitative estimate of drug-likeness (QED) is 0.344. The summed E-state index contributed by atoms with van der Waals surface area (Å²) >= 11 is -3.87. The third kappa shape index (κ3) is 2.92. The molecule has 9 nitrogen and oxygen atoms in total. The molecular weight excluding hydrogens is 313 g/mol. The van der Waals surface area contributed by atoms with E-state index in [1.54, 1.807) is 13.8 Å². The first kappa shape index (κ1) is 14.7. The van der Waals surface area contributed by atoms with Crippen LogP contribution in [0.3, 0.4) is 0 Å². The van der Waals surface area contributed by atoms with E-state index in [0.29, 0.717) is 4.46 Å². The Hall–Kier alpha value is -2.33. The number of hydrogen-bond donors (Lipinski definition) is 0. The molecule has 0 saturated carbocycles. The molecule has 0 aliphatic heterocycles. The van der Waals surface area contributed by atoms with Crippen LogP contribution in [0.1, 0.15) is 16.7 Å². The Morgan fingerprint density at radius 2 is 1.21 bits per heavy atom. The van der Waals surface area contributed by atoms with Crippen LogP contribution in [-0.2, 0) is 0 Å². The van der Waals surface area contributed by atoms with Crippen molar-refractivity contribution in [1.29, 1.82) is 0 Å². The van der Waals surface area contributed by atoms with Crippen molar-refractivity contribution >= 4 is 18.0 Å². The molecule has 0 fully saturated rings. The van der Waals surface area contributed by atoms with Gasteiger partial charge in [0, 0.05) is 0 Å². The maximum absolute atomic E-state index is 8.68. The molecule has 1 rings (SSSR count). The van der Waals surface area contributed by atoms with Gasteiger partial charge in [-0.2, -0.15) is 0 Å². The Kier molecular flexibility index (Phi) is 4.67. The Labute approximate surface area is 112 Å². The summed E-state index contributed by atoms with van der Waals surface area (Å²) in [5.41, 5.74) is 28.6. The Morgan fingerprint density at radius 1 is 0.842 bits per heavy atom. The number of benzene rings is 1. The van der Waals surface area contributed by atoms with Crippen LogP contribution in [0.25, 0.3) is 31.3 Å². The normalized spacial score (nSPS) is 14.1. The van der Waals surface area contributed by atoms with E-state index in [4.69, 9.17) is 16.6 Å². The summed E-state index contributed by atoms with van der Waals surface area (Å²) in [5, 5.41) is 0. The van der Waals surface area contributed by atoms with Crippen LogP contribution in [0.15, 0.2) is 24.5 Å². The first-order chi connectivity index (χ1) is 9.00. The molecular formula is C9H11N9Se. The molecule has 0 aliphatic rings. The van der Waals surface area contributed by atoms with Crippen LogP contribution in [0, 0.1) is 20.8 Å². The summed E-state index contributed by atoms with van der Waals surface area (Å²) in [6, 6.07) is 3.72. The Bertz CT molecular complexity index is 579. The predicted molar refractivity (Wildman–Crippen MR) is 73.5 cm³/mol. The van der Waals surface area contributed by atoms with Crippen molar-refractivity contribution < 1.29 is 0 Å². The van der Waals surface area contributed by atoms with E-state index >= 15 is 0 Å². The molecule has 1 aromatic rings. The number of aryl methyl sites for hydroxylation is 3. The summed E-state index contributed by atoms with van der Waals surface area (Å²) in [7, 11) is 0. The summed E-state index contributed by atoms with van der Waals surface area (Å²) in [5.74, 6) is 0. The van der Waals surface area contributed by atoms with Crippen LogP contribution in [-0.4, -0.2) is 13.5 Å². The van der Waals surface area contributed by atoms with Gasteiger partial charge in [-0.3, -0.25) is 0 Å². The number of hydrogen-bond acceptors (Lipinski definition) is 3. The molecule has 0 spiro atoms. The van der Waals surface area contributed by atoms with Crippen molar-refractivity contribution in [2.45, 2.75) is 20.8 Å². The van der Waals surface area contributed by atoms with Gasteiger partial charge in [0.05, 0.1) is 0 Å². The molecule has 10 heteroatoms. The van der Waals surface area contributed by atoms with E-state index in [1.165, 1.54) is 0 Å². The summed E-state index contributed by atoms with van der Waals surface area (Å²) < 4.78 is 11.2. The fraction of sp³-hybridized carbons (Fsp3) is 0.333. The molecule has 0 amide bonds. The monoisotopic (exact) mass is 325 g/mol. The molecule has 0 N–H and O–H groups in total. The van der Waals surface area contributed by atoms with Crippen LogP contribution in [0.5, 0.6) is 0 Å². The van der Waals surface area contributed by atoms with Gasteiger partial charge in [0.2, 0.25) is 0 Å². The second kappa shape index (κ2) is 6.02. The van der Waals surface area contributed by atoms with Crippen molar-refractivity contribution in [2.24, 2.45) is 12.4 Å². The van der Waals surface area contributed by atoms with E-state index < -0.39 is 13.5 Å². The van der Waals surface area contributed by atoms with Crippen LogP contribution >= 0.6 is 0 Å². The van der Waals surface area contributed by atoms with Crippen molar-refractivity contribution in [2.75, 3.05) is 0 Å². The first-order valence-corrected chi connectivity index (χ1v) is 8.26. The average Bonchev–Trinajstić information content (AvgIpc) is 2.28. The van der Waals surface area contributed by atoms with E-state index in [1.807, 2.05) is 19.1 Å². The Morgan fingerprint density at radius 3 is 1.53 bits per heavy atom. The molecule has 1 aromatic carbocycles. The summed E-state index contributed by atoms with van der Waals surface area (Å²) in [4.78, 5) is 8.07. The zero-order valence-corrected chi connectivity index (χ0v) is 12.3. The molecule has 0 atom stereocenters. The van der Waals surface area contributed by atoms with Crippen molar-refractivity contribution in [1.82, 2.24) is 0 Å². The second-order valence-corrected chi connectivity index (χ2v) is 7.82. The summed E-state index contributed by atoms with van der Waals surface area (Å²) in [6.07, 6.45) is 0. The average molecular weight is 324 g/mol. The zero-order valence-electron chi connectivity index (χ0n) is 10.6. The van der Waals surface area contributed by atoms with E-state index in [0.717, 1.165) is 16.7 Å². The molecule has 0 radical (unpaired) electrons. The molecule has 0 heterocycles. The van der Waals surface area contributed by atoms with Crippen LogP contribution < -0.4 is 4.46 Å². The number of azide groups is 1. The molecule has 19 heavy (non-hydrogen) atoms. The standard InChI is InChI=1S/C9H11N9Se/c1-6-4-7(2)9(8(3)5-6)19(16-13-10,17-14-11)18-15-12/h4-5H,1-3H3. The van der Waals surface area contributed by atoms with Gasteiger partial charge in [-0.25, -0.2) is 0 Å². The van der Waals surface area contributed by atoms with Gasteiger partial charge in [0.15, 0.2) is 0 Å². The minimum absolute atomic E-state index is 0.551. The molecule has 0 aliphatic carbocycles. The third-order valence-electron chi connectivity index (χ3n) is 2.33. The zero-order chi connectivity index (χ0) is 14.5. The van der Waals surface area contributed by atoms with Crippen molar-refractivity contribution in [3.05, 3.63) is 60.2 Å². The van der Waals surface area contributed by atoms with E-state index in [-0.39, 0.29) is 0 Å². The Balaban J connectivity index is 3.81. The van der Waals surface area contributed by atoms with Gasteiger partial charge in [0.1, 0.15) is 0 Å². The van der Waals surface area contributed by atoms with E-state index in [9.17, 15) is 0 Å². The van der Waals surface area contributed by atoms with Crippen LogP contribution in [0.2, 0.25) is 0 Å². The van der Waals surface area contributed by atoms with Gasteiger partial charge >= 0.3 is 111 Å². The fourth-order valence-corrected chi connectivity index (χ4v) is 5.34. The van der Waals surface area contributed by atoms with Gasteiger partial charge in [-0.1, -0.05) is 0 Å². The predicted octanol–water partition coefficient (Wildman–Crippen LogP) is 3.69. The van der Waals surface area contributed by atoms with Crippen molar-refractivity contribution in [3.63, 3.8) is 0 Å². The number of rotatable bonds is 4. The third-order valence-corrected chi connectivity index (χ3v) is 6.72. The molecule has 98 valence electrons. The fourth-order valence-electron chi connectivity index (χ4n) is 1.92. The van der Waals surface area contributed by atoms with E-state index in [2.05, 4.69) is 27.1 Å². The maximum atomic E-state index is 8.68. The SMILES string of the molecule is Cc1cc(C)c([Se](N=[N+]=[N-])(N=[N+]=[N-])N=[N+]=[N-])c(C)c1. The van der Waals surface area contributed by atoms with Gasteiger partial charge in [-0.05, 0) is 0 Å². The number of nitrogens with zero attached hydrogens (tertiary/aromatic N) is 9. The van der Waals surface area contributed by atoms with Gasteiger partial charge in [0.25, 0.3) is 0 Å². The topological polar surface area (TPSA) is 146 Å². The molecule has 0 aromatic heterocycles. The molecule has 0 saturated heterocycles. The second-order valence-electron chi connectivity index (χ2n) is 3.76. The van der Waals surface area contributed by atoms with Gasteiger partial charge < -0.3 is 0 Å². The minimum atomic E-state index is -3.87. The van der Waals surface area contributed by atoms with Crippen molar-refractivity contribution in [3.8, 4) is 0 Å². The molecule has 0 unspecified atom stereocenters. The van der Waals surface area contributed by atoms with Gasteiger partial charge in [-0.15, -0.1) is 0 Å². The first-order valence-electron chi connectivity index (χ1n) is 5.11. The summed E-state index contributed by atoms with van der Waals surface area (Å²) in [6.45, 7) is 5.52. The molecule has 0 bridgehead atoms. The van der Waals surface area contributed by atoms with Crippen LogP contribution in [0.4, 0.5) is 0 Å².